The van der Waals surface area contributed by atoms with Crippen LogP contribution in [0.2, 0.25) is 0 Å². The zero-order valence-corrected chi connectivity index (χ0v) is 14.9. The first-order valence-corrected chi connectivity index (χ1v) is 10.3. The van der Waals surface area contributed by atoms with Gasteiger partial charge in [-0.25, -0.2) is 8.42 Å². The van der Waals surface area contributed by atoms with E-state index in [4.69, 9.17) is 0 Å². The summed E-state index contributed by atoms with van der Waals surface area (Å²) in [7, 11) is -3.65. The number of carbonyl (C=O) groups excluding carboxylic acids is 1. The van der Waals surface area contributed by atoms with E-state index < -0.39 is 10.0 Å². The number of amides is 1. The molecule has 0 unspecified atom stereocenters. The average molecular weight is 362 g/mol. The molecule has 24 heavy (non-hydrogen) atoms. The van der Waals surface area contributed by atoms with Gasteiger partial charge in [0.15, 0.2) is 0 Å². The normalized spacial score (nSPS) is 14.9. The van der Waals surface area contributed by atoms with E-state index in [1.807, 2.05) is 18.4 Å². The quantitative estimate of drug-likeness (QED) is 0.829. The van der Waals surface area contributed by atoms with E-state index in [1.165, 1.54) is 12.1 Å². The minimum Gasteiger partial charge on any atom is -0.312 e. The van der Waals surface area contributed by atoms with E-state index >= 15 is 0 Å². The highest BCUT2D eigenvalue weighted by atomic mass is 32.2. The van der Waals surface area contributed by atoms with Gasteiger partial charge in [0.25, 0.3) is 10.0 Å². The fourth-order valence-electron chi connectivity index (χ4n) is 2.63. The molecular weight excluding hydrogens is 344 g/mol. The lowest BCUT2D eigenvalue weighted by Crippen LogP contribution is -2.23. The van der Waals surface area contributed by atoms with Gasteiger partial charge in [-0.05, 0) is 55.1 Å². The Balaban J connectivity index is 1.80. The van der Waals surface area contributed by atoms with Gasteiger partial charge in [-0.2, -0.15) is 0 Å². The van der Waals surface area contributed by atoms with Crippen LogP contribution in [0.25, 0.3) is 0 Å². The number of sulfonamides is 1. The predicted octanol–water partition coefficient (Wildman–Crippen LogP) is 3.34. The van der Waals surface area contributed by atoms with Crippen LogP contribution in [-0.4, -0.2) is 27.1 Å². The molecule has 0 spiro atoms. The summed E-state index contributed by atoms with van der Waals surface area (Å²) in [4.78, 5) is 14.6. The van der Waals surface area contributed by atoms with E-state index in [-0.39, 0.29) is 10.8 Å². The van der Waals surface area contributed by atoms with Crippen molar-refractivity contribution in [1.29, 1.82) is 0 Å². The Hall–Kier alpha value is -1.99. The molecule has 0 bridgehead atoms. The Morgan fingerprint density at radius 2 is 1.88 bits per heavy atom. The highest BCUT2D eigenvalue weighted by molar-refractivity contribution is 7.98. The molecule has 0 aromatic heterocycles. The lowest BCUT2D eigenvalue weighted by atomic mass is 10.3. The Labute approximate surface area is 146 Å². The number of nitrogens with one attached hydrogen (secondary N) is 1. The number of rotatable bonds is 5. The van der Waals surface area contributed by atoms with Gasteiger partial charge in [0, 0.05) is 29.2 Å². The van der Waals surface area contributed by atoms with Crippen LogP contribution in [-0.2, 0) is 14.8 Å². The molecule has 126 valence electrons. The van der Waals surface area contributed by atoms with E-state index in [9.17, 15) is 13.2 Å². The van der Waals surface area contributed by atoms with E-state index in [1.54, 1.807) is 40.9 Å². The third kappa shape index (κ3) is 3.57. The van der Waals surface area contributed by atoms with Gasteiger partial charge < -0.3 is 4.90 Å². The maximum absolute atomic E-state index is 12.5. The summed E-state index contributed by atoms with van der Waals surface area (Å²) >= 11 is 1.55. The number of hydrogen-bond donors (Lipinski definition) is 1. The van der Waals surface area contributed by atoms with Gasteiger partial charge in [-0.1, -0.05) is 6.07 Å². The Morgan fingerprint density at radius 3 is 2.50 bits per heavy atom. The summed E-state index contributed by atoms with van der Waals surface area (Å²) < 4.78 is 27.6. The summed E-state index contributed by atoms with van der Waals surface area (Å²) in [5.41, 5.74) is 1.27. The van der Waals surface area contributed by atoms with Crippen LogP contribution in [0.3, 0.4) is 0 Å². The van der Waals surface area contributed by atoms with Crippen LogP contribution in [0, 0.1) is 0 Å². The molecule has 3 rings (SSSR count). The van der Waals surface area contributed by atoms with Crippen molar-refractivity contribution in [1.82, 2.24) is 0 Å². The van der Waals surface area contributed by atoms with Crippen LogP contribution in [0.5, 0.6) is 0 Å². The molecule has 2 aromatic carbocycles. The lowest BCUT2D eigenvalue weighted by Gasteiger charge is -2.16. The molecular formula is C17H18N2O3S2. The molecule has 1 saturated heterocycles. The van der Waals surface area contributed by atoms with Crippen molar-refractivity contribution in [2.75, 3.05) is 22.4 Å². The third-order valence-corrected chi connectivity index (χ3v) is 5.98. The number of carbonyl (C=O) groups is 1. The first-order valence-electron chi connectivity index (χ1n) is 7.57. The maximum Gasteiger partial charge on any atom is 0.261 e. The van der Waals surface area contributed by atoms with Crippen molar-refractivity contribution in [2.24, 2.45) is 0 Å². The smallest absolute Gasteiger partial charge is 0.261 e. The molecule has 0 radical (unpaired) electrons. The van der Waals surface area contributed by atoms with E-state index in [0.29, 0.717) is 18.7 Å². The van der Waals surface area contributed by atoms with Crippen molar-refractivity contribution in [3.63, 3.8) is 0 Å². The van der Waals surface area contributed by atoms with Crippen molar-refractivity contribution < 1.29 is 13.2 Å². The molecule has 0 atom stereocenters. The molecule has 0 aliphatic carbocycles. The van der Waals surface area contributed by atoms with Crippen LogP contribution < -0.4 is 9.62 Å². The van der Waals surface area contributed by atoms with Crippen LogP contribution in [0.15, 0.2) is 58.3 Å². The number of hydrogen-bond acceptors (Lipinski definition) is 4. The molecule has 5 nitrogen and oxygen atoms in total. The molecule has 1 amide bonds. The SMILES string of the molecule is CSc1cccc(NS(=O)(=O)c2ccc(N3CCCC3=O)cc2)c1. The third-order valence-electron chi connectivity index (χ3n) is 3.85. The summed E-state index contributed by atoms with van der Waals surface area (Å²) in [6.45, 7) is 0.685. The van der Waals surface area contributed by atoms with E-state index in [2.05, 4.69) is 4.72 Å². The fraction of sp³-hybridized carbons (Fsp3) is 0.235. The molecule has 2 aromatic rings. The summed E-state index contributed by atoms with van der Waals surface area (Å²) in [5, 5.41) is 0. The average Bonchev–Trinajstić information content (AvgIpc) is 3.01. The minimum atomic E-state index is -3.65. The van der Waals surface area contributed by atoms with Crippen molar-refractivity contribution in [2.45, 2.75) is 22.6 Å². The highest BCUT2D eigenvalue weighted by Gasteiger charge is 2.22. The van der Waals surface area contributed by atoms with Crippen molar-refractivity contribution in [3.05, 3.63) is 48.5 Å². The van der Waals surface area contributed by atoms with Crippen LogP contribution in [0.1, 0.15) is 12.8 Å². The monoisotopic (exact) mass is 362 g/mol. The standard InChI is InChI=1S/C17H18N2O3S2/c1-23-15-5-2-4-13(12-15)18-24(21,22)16-9-7-14(8-10-16)19-11-3-6-17(19)20/h2,4-5,7-10,12,18H,3,6,11H2,1H3. The van der Waals surface area contributed by atoms with Gasteiger partial charge in [-0.15, -0.1) is 11.8 Å². The number of anilines is 2. The van der Waals surface area contributed by atoms with Gasteiger partial charge >= 0.3 is 0 Å². The number of thioether (sulfide) groups is 1. The Bertz CT molecular complexity index is 848. The van der Waals surface area contributed by atoms with Gasteiger partial charge in [0.1, 0.15) is 0 Å². The predicted molar refractivity (Wildman–Crippen MR) is 97.1 cm³/mol. The molecule has 1 aliphatic heterocycles. The largest absolute Gasteiger partial charge is 0.312 e. The molecule has 1 heterocycles. The molecule has 1 N–H and O–H groups in total. The molecule has 0 saturated carbocycles. The zero-order chi connectivity index (χ0) is 17.2. The van der Waals surface area contributed by atoms with Crippen molar-refractivity contribution >= 4 is 39.1 Å². The van der Waals surface area contributed by atoms with E-state index in [0.717, 1.165) is 17.0 Å². The summed E-state index contributed by atoms with van der Waals surface area (Å²) in [6, 6.07) is 13.7. The first-order chi connectivity index (χ1) is 11.5. The minimum absolute atomic E-state index is 0.0811. The molecule has 1 aliphatic rings. The number of benzene rings is 2. The Kier molecular flexibility index (Phi) is 4.82. The van der Waals surface area contributed by atoms with Gasteiger partial charge in [-0.3, -0.25) is 9.52 Å². The van der Waals surface area contributed by atoms with Gasteiger partial charge in [0.05, 0.1) is 4.90 Å². The summed E-state index contributed by atoms with van der Waals surface area (Å²) in [5.74, 6) is 0.0811. The van der Waals surface area contributed by atoms with Crippen LogP contribution in [0.4, 0.5) is 11.4 Å². The second-order valence-electron chi connectivity index (χ2n) is 5.48. The fourth-order valence-corrected chi connectivity index (χ4v) is 4.14. The maximum atomic E-state index is 12.5. The van der Waals surface area contributed by atoms with Crippen LogP contribution >= 0.6 is 11.8 Å². The van der Waals surface area contributed by atoms with Gasteiger partial charge in [0.2, 0.25) is 5.91 Å². The van der Waals surface area contributed by atoms with Crippen molar-refractivity contribution in [3.8, 4) is 0 Å². The highest BCUT2D eigenvalue weighted by Crippen LogP contribution is 2.25. The first kappa shape index (κ1) is 16.9. The second kappa shape index (κ2) is 6.86. The second-order valence-corrected chi connectivity index (χ2v) is 8.04. The molecule has 1 fully saturated rings. The molecule has 7 heteroatoms. The Morgan fingerprint density at radius 1 is 1.12 bits per heavy atom. The lowest BCUT2D eigenvalue weighted by molar-refractivity contribution is -0.117. The summed E-state index contributed by atoms with van der Waals surface area (Å²) in [6.07, 6.45) is 3.32. The zero-order valence-electron chi connectivity index (χ0n) is 13.2. The number of nitrogens with zero attached hydrogens (tertiary/aromatic N) is 1. The topological polar surface area (TPSA) is 66.5 Å².